The van der Waals surface area contributed by atoms with E-state index < -0.39 is 0 Å². The highest BCUT2D eigenvalue weighted by Gasteiger charge is 2.19. The van der Waals surface area contributed by atoms with Crippen molar-refractivity contribution < 1.29 is 0 Å². The Labute approximate surface area is 293 Å². The second-order valence-corrected chi connectivity index (χ2v) is 12.9. The molecule has 2 aromatic heterocycles. The first kappa shape index (κ1) is 28.7. The van der Waals surface area contributed by atoms with Crippen LogP contribution in [-0.2, 0) is 0 Å². The molecule has 10 rings (SSSR count). The van der Waals surface area contributed by atoms with E-state index in [2.05, 4.69) is 125 Å². The van der Waals surface area contributed by atoms with E-state index in [0.29, 0.717) is 11.3 Å². The normalized spacial score (nSPS) is 11.5. The van der Waals surface area contributed by atoms with E-state index in [9.17, 15) is 5.26 Å². The molecule has 4 heteroatoms. The molecule has 0 saturated heterocycles. The summed E-state index contributed by atoms with van der Waals surface area (Å²) >= 11 is 0. The molecule has 234 valence electrons. The number of hydrogen-bond donors (Lipinski definition) is 0. The Morgan fingerprint density at radius 1 is 0.510 bits per heavy atom. The number of benzene rings is 8. The zero-order valence-corrected chi connectivity index (χ0v) is 27.3. The predicted molar refractivity (Wildman–Crippen MR) is 210 cm³/mol. The molecule has 0 aliphatic rings. The maximum absolute atomic E-state index is 9.79. The van der Waals surface area contributed by atoms with Crippen molar-refractivity contribution >= 4 is 70.7 Å². The van der Waals surface area contributed by atoms with Crippen LogP contribution in [0.4, 0.5) is 5.69 Å². The van der Waals surface area contributed by atoms with Gasteiger partial charge in [0.2, 0.25) is 0 Å². The highest BCUT2D eigenvalue weighted by Crippen LogP contribution is 2.44. The van der Waals surface area contributed by atoms with Gasteiger partial charge in [0.1, 0.15) is 0 Å². The molecule has 0 spiro atoms. The van der Waals surface area contributed by atoms with E-state index in [1.54, 1.807) is 0 Å². The first-order valence-electron chi connectivity index (χ1n) is 16.9. The first-order chi connectivity index (χ1) is 25.2. The van der Waals surface area contributed by atoms with Crippen LogP contribution in [0.2, 0.25) is 0 Å². The fourth-order valence-electron chi connectivity index (χ4n) is 7.88. The van der Waals surface area contributed by atoms with Crippen molar-refractivity contribution in [2.24, 2.45) is 0 Å². The monoisotopic (exact) mass is 646 g/mol. The minimum absolute atomic E-state index is 0.608. The van der Waals surface area contributed by atoms with Gasteiger partial charge in [0, 0.05) is 32.6 Å². The predicted octanol–water partition coefficient (Wildman–Crippen LogP) is 12.5. The van der Waals surface area contributed by atoms with Crippen molar-refractivity contribution in [2.45, 2.75) is 0 Å². The third-order valence-electron chi connectivity index (χ3n) is 10.2. The molecule has 0 saturated carbocycles. The molecule has 0 atom stereocenters. The van der Waals surface area contributed by atoms with Gasteiger partial charge in [0.15, 0.2) is 5.69 Å². The van der Waals surface area contributed by atoms with E-state index in [-0.39, 0.29) is 0 Å². The standard InChI is InChI=1S/C47H26N4/c1-49-33-20-16-30(17-21-33)47-46-37-22-18-31(26-39(37)35-11-5-6-12-36(35)45(46)38-13-7-8-14-42(38)50-47)32-19-24-44-41(27-32)40-25-29(28-48)15-23-43(40)51(44)34-9-3-2-4-10-34/h2-27H. The fraction of sp³-hybridized carbons (Fsp3) is 0. The highest BCUT2D eigenvalue weighted by molar-refractivity contribution is 6.33. The van der Waals surface area contributed by atoms with E-state index in [1.807, 2.05) is 48.5 Å². The van der Waals surface area contributed by atoms with Crippen LogP contribution >= 0.6 is 0 Å². The topological polar surface area (TPSA) is 46.0 Å². The van der Waals surface area contributed by atoms with Crippen LogP contribution in [0.25, 0.3) is 97.9 Å². The Hall–Kier alpha value is -7.27. The van der Waals surface area contributed by atoms with E-state index in [1.165, 1.54) is 16.2 Å². The second kappa shape index (κ2) is 11.1. The molecule has 2 heterocycles. The molecule has 0 unspecified atom stereocenters. The molecule has 0 radical (unpaired) electrons. The Kier molecular flexibility index (Phi) is 6.27. The maximum Gasteiger partial charge on any atom is 0.187 e. The number of pyridine rings is 1. The summed E-state index contributed by atoms with van der Waals surface area (Å²) in [7, 11) is 0. The van der Waals surface area contributed by atoms with E-state index >= 15 is 0 Å². The molecular formula is C47H26N4. The van der Waals surface area contributed by atoms with Crippen molar-refractivity contribution in [1.29, 1.82) is 5.26 Å². The summed E-state index contributed by atoms with van der Waals surface area (Å²) < 4.78 is 2.28. The summed E-state index contributed by atoms with van der Waals surface area (Å²) in [4.78, 5) is 8.89. The number of hydrogen-bond acceptors (Lipinski definition) is 2. The molecule has 0 amide bonds. The maximum atomic E-state index is 9.79. The molecule has 0 N–H and O–H groups in total. The second-order valence-electron chi connectivity index (χ2n) is 12.9. The molecule has 8 aromatic carbocycles. The fourth-order valence-corrected chi connectivity index (χ4v) is 7.88. The quantitative estimate of drug-likeness (QED) is 0.142. The van der Waals surface area contributed by atoms with Crippen molar-refractivity contribution in [1.82, 2.24) is 9.55 Å². The number of nitrogens with zero attached hydrogens (tertiary/aromatic N) is 4. The zero-order valence-electron chi connectivity index (χ0n) is 27.3. The van der Waals surface area contributed by atoms with Crippen LogP contribution in [0.3, 0.4) is 0 Å². The van der Waals surface area contributed by atoms with Crippen LogP contribution in [0.15, 0.2) is 158 Å². The smallest absolute Gasteiger partial charge is 0.187 e. The van der Waals surface area contributed by atoms with Gasteiger partial charge in [-0.3, -0.25) is 0 Å². The summed E-state index contributed by atoms with van der Waals surface area (Å²) in [5.74, 6) is 0. The van der Waals surface area contributed by atoms with Gasteiger partial charge in [-0.25, -0.2) is 9.83 Å². The lowest BCUT2D eigenvalue weighted by Crippen LogP contribution is -1.93. The van der Waals surface area contributed by atoms with E-state index in [0.717, 1.165) is 76.9 Å². The Balaban J connectivity index is 1.27. The molecular weight excluding hydrogens is 621 g/mol. The summed E-state index contributed by atoms with van der Waals surface area (Å²) in [5.41, 5.74) is 9.55. The third kappa shape index (κ3) is 4.34. The molecule has 0 fully saturated rings. The minimum atomic E-state index is 0.608. The summed E-state index contributed by atoms with van der Waals surface area (Å²) in [6, 6.07) is 56.9. The lowest BCUT2D eigenvalue weighted by atomic mass is 9.88. The van der Waals surface area contributed by atoms with Crippen LogP contribution in [0.5, 0.6) is 0 Å². The molecule has 0 bridgehead atoms. The molecule has 10 aromatic rings. The lowest BCUT2D eigenvalue weighted by Gasteiger charge is -2.17. The van der Waals surface area contributed by atoms with Crippen LogP contribution in [-0.4, -0.2) is 9.55 Å². The van der Waals surface area contributed by atoms with Crippen molar-refractivity contribution in [2.75, 3.05) is 0 Å². The highest BCUT2D eigenvalue weighted by atomic mass is 15.0. The summed E-state index contributed by atoms with van der Waals surface area (Å²) in [5, 5.41) is 20.0. The number of para-hydroxylation sites is 2. The first-order valence-corrected chi connectivity index (χ1v) is 16.9. The Morgan fingerprint density at radius 3 is 1.88 bits per heavy atom. The van der Waals surface area contributed by atoms with Gasteiger partial charge in [-0.15, -0.1) is 0 Å². The largest absolute Gasteiger partial charge is 0.309 e. The average molecular weight is 647 g/mol. The lowest BCUT2D eigenvalue weighted by molar-refractivity contribution is 1.18. The minimum Gasteiger partial charge on any atom is -0.309 e. The van der Waals surface area contributed by atoms with Crippen LogP contribution in [0, 0.1) is 17.9 Å². The van der Waals surface area contributed by atoms with Crippen molar-refractivity contribution in [3.05, 3.63) is 175 Å². The summed E-state index contributed by atoms with van der Waals surface area (Å²) in [6.45, 7) is 7.49. The van der Waals surface area contributed by atoms with Gasteiger partial charge >= 0.3 is 0 Å². The SMILES string of the molecule is [C-]#[N+]c1ccc(-c2nc3ccccc3c3c4ccccc4c4cc(-c5ccc6c(c5)c5cc(C#N)ccc5n6-c5ccccc5)ccc4c23)cc1. The van der Waals surface area contributed by atoms with Crippen LogP contribution in [0.1, 0.15) is 5.56 Å². The van der Waals surface area contributed by atoms with Gasteiger partial charge < -0.3 is 4.57 Å². The van der Waals surface area contributed by atoms with Crippen molar-refractivity contribution in [3.8, 4) is 34.1 Å². The zero-order chi connectivity index (χ0) is 34.1. The molecule has 4 nitrogen and oxygen atoms in total. The summed E-state index contributed by atoms with van der Waals surface area (Å²) in [6.07, 6.45) is 0. The van der Waals surface area contributed by atoms with E-state index in [4.69, 9.17) is 11.6 Å². The van der Waals surface area contributed by atoms with Gasteiger partial charge in [0.05, 0.1) is 40.4 Å². The average Bonchev–Trinajstić information content (AvgIpc) is 3.53. The number of fused-ring (bicyclic) bond motifs is 11. The Morgan fingerprint density at radius 2 is 1.12 bits per heavy atom. The Bertz CT molecular complexity index is 3140. The molecule has 51 heavy (non-hydrogen) atoms. The molecule has 0 aliphatic carbocycles. The van der Waals surface area contributed by atoms with Crippen molar-refractivity contribution in [3.63, 3.8) is 0 Å². The number of rotatable bonds is 3. The van der Waals surface area contributed by atoms with Gasteiger partial charge in [-0.2, -0.15) is 5.26 Å². The van der Waals surface area contributed by atoms with Crippen LogP contribution < -0.4 is 0 Å². The third-order valence-corrected chi connectivity index (χ3v) is 10.2. The van der Waals surface area contributed by atoms with Gasteiger partial charge in [0.25, 0.3) is 0 Å². The van der Waals surface area contributed by atoms with Gasteiger partial charge in [-0.1, -0.05) is 103 Å². The number of aromatic nitrogens is 2. The molecule has 0 aliphatic heterocycles. The number of nitriles is 1. The van der Waals surface area contributed by atoms with Gasteiger partial charge in [-0.05, 0) is 92.8 Å².